The molecule has 0 saturated carbocycles. The van der Waals surface area contributed by atoms with E-state index in [1.54, 1.807) is 84.9 Å². The van der Waals surface area contributed by atoms with E-state index in [-0.39, 0.29) is 0 Å². The van der Waals surface area contributed by atoms with Gasteiger partial charge in [0.1, 0.15) is 22.9 Å². The number of carbonyl (C=O) groups is 4. The fraction of sp³-hybridized carbons (Fsp3) is 0.176. The Bertz CT molecular complexity index is 1640. The number of hydrogen-bond donors (Lipinski definition) is 2. The van der Waals surface area contributed by atoms with Crippen molar-refractivity contribution in [2.45, 2.75) is 25.9 Å². The zero-order valence-corrected chi connectivity index (χ0v) is 25.6. The fourth-order valence-corrected chi connectivity index (χ4v) is 4.22. The topological polar surface area (TPSA) is 160 Å². The van der Waals surface area contributed by atoms with Gasteiger partial charge in [-0.15, -0.1) is 0 Å². The standard InChI is InChI=1S/C34H32N6O6/c1-21(41)31(33(43)35-25-11-7-5-8-12-25)39-37-27-17-15-23(19-29(27)45-3)24-16-18-28(30(20-24)46-4)38-40-32(22(2)42)34(44)36-26-13-9-6-10-14-26/h5-20,31-32H,1-4H3,(H,35,43)(H,36,44)/b39-37+,40-38+. The molecule has 0 aliphatic rings. The Morgan fingerprint density at radius 3 is 1.26 bits per heavy atom. The summed E-state index contributed by atoms with van der Waals surface area (Å²) in [6.07, 6.45) is 0. The Hall–Kier alpha value is -6.04. The summed E-state index contributed by atoms with van der Waals surface area (Å²) in [6, 6.07) is 25.0. The lowest BCUT2D eigenvalue weighted by molar-refractivity contribution is -0.127. The molecule has 12 nitrogen and oxygen atoms in total. The molecule has 2 unspecified atom stereocenters. The summed E-state index contributed by atoms with van der Waals surface area (Å²) in [7, 11) is 2.93. The second-order valence-corrected chi connectivity index (χ2v) is 9.94. The van der Waals surface area contributed by atoms with Gasteiger partial charge in [-0.3, -0.25) is 19.2 Å². The second kappa shape index (κ2) is 15.6. The zero-order valence-electron chi connectivity index (χ0n) is 25.6. The number of ketones is 2. The minimum Gasteiger partial charge on any atom is -0.494 e. The molecule has 4 rings (SSSR count). The molecule has 0 aliphatic carbocycles. The third-order valence-corrected chi connectivity index (χ3v) is 6.60. The molecule has 2 atom stereocenters. The highest BCUT2D eigenvalue weighted by atomic mass is 16.5. The second-order valence-electron chi connectivity index (χ2n) is 9.94. The molecule has 0 spiro atoms. The largest absolute Gasteiger partial charge is 0.494 e. The number of carbonyl (C=O) groups excluding carboxylic acids is 4. The van der Waals surface area contributed by atoms with Crippen LogP contribution < -0.4 is 20.1 Å². The summed E-state index contributed by atoms with van der Waals surface area (Å²) in [5, 5.41) is 21.6. The van der Waals surface area contributed by atoms with E-state index >= 15 is 0 Å². The van der Waals surface area contributed by atoms with Crippen LogP contribution >= 0.6 is 0 Å². The van der Waals surface area contributed by atoms with Crippen molar-refractivity contribution in [3.05, 3.63) is 97.1 Å². The lowest BCUT2D eigenvalue weighted by atomic mass is 10.0. The van der Waals surface area contributed by atoms with E-state index in [0.29, 0.717) is 34.2 Å². The first kappa shape index (κ1) is 32.9. The molecule has 0 aliphatic heterocycles. The van der Waals surface area contributed by atoms with Gasteiger partial charge >= 0.3 is 0 Å². The molecule has 4 aromatic carbocycles. The molecule has 0 heterocycles. The van der Waals surface area contributed by atoms with Gasteiger partial charge in [0, 0.05) is 11.4 Å². The third-order valence-electron chi connectivity index (χ3n) is 6.60. The van der Waals surface area contributed by atoms with Crippen LogP contribution in [0.3, 0.4) is 0 Å². The van der Waals surface area contributed by atoms with E-state index < -0.39 is 35.5 Å². The fourth-order valence-electron chi connectivity index (χ4n) is 4.22. The molecule has 0 aromatic heterocycles. The lowest BCUT2D eigenvalue weighted by Crippen LogP contribution is -2.31. The van der Waals surface area contributed by atoms with E-state index in [2.05, 4.69) is 31.1 Å². The Kier molecular flexibility index (Phi) is 11.2. The molecular weight excluding hydrogens is 588 g/mol. The first-order valence-electron chi connectivity index (χ1n) is 14.1. The SMILES string of the molecule is COc1cc(-c2ccc(/N=N/C(C(C)=O)C(=O)Nc3ccccc3)c(OC)c2)ccc1/N=N/C(C(C)=O)C(=O)Nc1ccccc1. The summed E-state index contributed by atoms with van der Waals surface area (Å²) in [5.41, 5.74) is 3.15. The van der Waals surface area contributed by atoms with Crippen LogP contribution in [-0.2, 0) is 19.2 Å². The van der Waals surface area contributed by atoms with Gasteiger partial charge in [-0.25, -0.2) is 0 Å². The molecule has 234 valence electrons. The summed E-state index contributed by atoms with van der Waals surface area (Å²) < 4.78 is 11.0. The van der Waals surface area contributed by atoms with Gasteiger partial charge in [-0.2, -0.15) is 20.5 Å². The first-order chi connectivity index (χ1) is 22.2. The average molecular weight is 621 g/mol. The maximum absolute atomic E-state index is 12.7. The van der Waals surface area contributed by atoms with Crippen LogP contribution in [0, 0.1) is 0 Å². The number of nitrogens with one attached hydrogen (secondary N) is 2. The van der Waals surface area contributed by atoms with Crippen molar-refractivity contribution in [3.63, 3.8) is 0 Å². The minimum absolute atomic E-state index is 0.312. The molecule has 4 aromatic rings. The lowest BCUT2D eigenvalue weighted by Gasteiger charge is -2.12. The summed E-state index contributed by atoms with van der Waals surface area (Å²) in [6.45, 7) is 2.54. The molecule has 0 radical (unpaired) electrons. The summed E-state index contributed by atoms with van der Waals surface area (Å²) in [5.74, 6) is -1.44. The Morgan fingerprint density at radius 2 is 0.935 bits per heavy atom. The van der Waals surface area contributed by atoms with E-state index in [1.807, 2.05) is 12.1 Å². The molecular formula is C34H32N6O6. The highest BCUT2D eigenvalue weighted by molar-refractivity contribution is 6.10. The molecule has 0 bridgehead atoms. The average Bonchev–Trinajstić information content (AvgIpc) is 3.05. The maximum atomic E-state index is 12.7. The van der Waals surface area contributed by atoms with Gasteiger partial charge in [0.15, 0.2) is 11.6 Å². The first-order valence-corrected chi connectivity index (χ1v) is 14.1. The zero-order chi connectivity index (χ0) is 33.1. The van der Waals surface area contributed by atoms with Gasteiger partial charge < -0.3 is 20.1 Å². The minimum atomic E-state index is -1.34. The number of methoxy groups -OCH3 is 2. The van der Waals surface area contributed by atoms with Crippen molar-refractivity contribution in [2.75, 3.05) is 24.9 Å². The van der Waals surface area contributed by atoms with Crippen LogP contribution in [0.1, 0.15) is 13.8 Å². The van der Waals surface area contributed by atoms with E-state index in [4.69, 9.17) is 9.47 Å². The number of amides is 2. The van der Waals surface area contributed by atoms with Crippen LogP contribution in [0.4, 0.5) is 22.7 Å². The molecule has 46 heavy (non-hydrogen) atoms. The Labute approximate surface area is 265 Å². The number of anilines is 2. The van der Waals surface area contributed by atoms with Crippen molar-refractivity contribution >= 4 is 46.1 Å². The predicted octanol–water partition coefficient (Wildman–Crippen LogP) is 6.73. The van der Waals surface area contributed by atoms with Crippen LogP contribution in [-0.4, -0.2) is 49.7 Å². The maximum Gasteiger partial charge on any atom is 0.258 e. The summed E-state index contributed by atoms with van der Waals surface area (Å²) in [4.78, 5) is 49.8. The normalized spacial score (nSPS) is 12.3. The molecule has 2 N–H and O–H groups in total. The van der Waals surface area contributed by atoms with Crippen molar-refractivity contribution in [2.24, 2.45) is 20.5 Å². The predicted molar refractivity (Wildman–Crippen MR) is 173 cm³/mol. The van der Waals surface area contributed by atoms with Crippen molar-refractivity contribution in [3.8, 4) is 22.6 Å². The molecule has 0 saturated heterocycles. The number of para-hydroxylation sites is 2. The monoisotopic (exact) mass is 620 g/mol. The number of azo groups is 2. The third kappa shape index (κ3) is 8.53. The number of rotatable bonds is 13. The number of Topliss-reactive ketones (excluding diaryl/α,β-unsaturated/α-hetero) is 2. The molecule has 0 fully saturated rings. The van der Waals surface area contributed by atoms with E-state index in [9.17, 15) is 19.2 Å². The van der Waals surface area contributed by atoms with Crippen LogP contribution in [0.5, 0.6) is 11.5 Å². The van der Waals surface area contributed by atoms with Gasteiger partial charge in [-0.1, -0.05) is 48.5 Å². The molecule has 2 amide bonds. The van der Waals surface area contributed by atoms with Crippen LogP contribution in [0.2, 0.25) is 0 Å². The number of benzene rings is 4. The van der Waals surface area contributed by atoms with E-state index in [0.717, 1.165) is 11.1 Å². The number of hydrogen-bond acceptors (Lipinski definition) is 10. The number of nitrogens with zero attached hydrogens (tertiary/aromatic N) is 4. The van der Waals surface area contributed by atoms with Crippen molar-refractivity contribution in [1.82, 2.24) is 0 Å². The van der Waals surface area contributed by atoms with Gasteiger partial charge in [0.25, 0.3) is 11.8 Å². The van der Waals surface area contributed by atoms with Crippen LogP contribution in [0.25, 0.3) is 11.1 Å². The number of ether oxygens (including phenoxy) is 2. The van der Waals surface area contributed by atoms with E-state index in [1.165, 1.54) is 28.1 Å². The van der Waals surface area contributed by atoms with Gasteiger partial charge in [0.2, 0.25) is 12.1 Å². The van der Waals surface area contributed by atoms with Gasteiger partial charge in [0.05, 0.1) is 14.2 Å². The molecule has 12 heteroatoms. The van der Waals surface area contributed by atoms with Gasteiger partial charge in [-0.05, 0) is 73.5 Å². The highest BCUT2D eigenvalue weighted by Crippen LogP contribution is 2.37. The Morgan fingerprint density at radius 1 is 0.565 bits per heavy atom. The van der Waals surface area contributed by atoms with Crippen molar-refractivity contribution < 1.29 is 28.7 Å². The van der Waals surface area contributed by atoms with Crippen LogP contribution in [0.15, 0.2) is 118 Å². The quantitative estimate of drug-likeness (QED) is 0.124. The smallest absolute Gasteiger partial charge is 0.258 e. The highest BCUT2D eigenvalue weighted by Gasteiger charge is 2.24. The summed E-state index contributed by atoms with van der Waals surface area (Å²) >= 11 is 0. The van der Waals surface area contributed by atoms with Crippen molar-refractivity contribution in [1.29, 1.82) is 0 Å². The Balaban J connectivity index is 1.53.